The second-order valence-corrected chi connectivity index (χ2v) is 6.27. The van der Waals surface area contributed by atoms with Crippen LogP contribution in [0.15, 0.2) is 0 Å². The monoisotopic (exact) mass is 416 g/mol. The van der Waals surface area contributed by atoms with Crippen LogP contribution in [-0.4, -0.2) is 72.6 Å². The molecule has 0 aliphatic heterocycles. The van der Waals surface area contributed by atoms with Gasteiger partial charge in [-0.05, 0) is 25.7 Å². The third kappa shape index (κ3) is 12.0. The lowest BCUT2D eigenvalue weighted by atomic mass is 10.1. The van der Waals surface area contributed by atoms with Gasteiger partial charge < -0.3 is 49.3 Å². The van der Waals surface area contributed by atoms with E-state index in [9.17, 15) is 14.4 Å². The van der Waals surface area contributed by atoms with Crippen LogP contribution in [0.3, 0.4) is 0 Å². The summed E-state index contributed by atoms with van der Waals surface area (Å²) in [4.78, 5) is 35.8. The zero-order chi connectivity index (χ0) is 22.4. The molecule has 0 unspecified atom stereocenters. The zero-order valence-corrected chi connectivity index (χ0v) is 16.2. The maximum atomic E-state index is 12.4. The highest BCUT2D eigenvalue weighted by molar-refractivity contribution is 5.91. The Morgan fingerprint density at radius 1 is 0.862 bits per heavy atom. The summed E-state index contributed by atoms with van der Waals surface area (Å²) in [6.07, 6.45) is 1.29. The topological polar surface area (TPSA) is 271 Å². The minimum atomic E-state index is -1.29. The smallest absolute Gasteiger partial charge is 0.327 e. The summed E-state index contributed by atoms with van der Waals surface area (Å²) < 4.78 is 0. The minimum absolute atomic E-state index is 0.160. The van der Waals surface area contributed by atoms with Crippen molar-refractivity contribution in [1.82, 2.24) is 21.3 Å². The van der Waals surface area contributed by atoms with E-state index in [-0.39, 0.29) is 37.9 Å². The molecule has 0 fully saturated rings. The molecule has 0 radical (unpaired) electrons. The Labute approximate surface area is 168 Å². The van der Waals surface area contributed by atoms with Gasteiger partial charge in [0.1, 0.15) is 12.1 Å². The average Bonchev–Trinajstić information content (AvgIpc) is 2.64. The highest BCUT2D eigenvalue weighted by Crippen LogP contribution is 2.01. The van der Waals surface area contributed by atoms with Crippen molar-refractivity contribution in [1.29, 1.82) is 10.8 Å². The molecule has 15 N–H and O–H groups in total. The van der Waals surface area contributed by atoms with E-state index >= 15 is 0 Å². The molecular weight excluding hydrogens is 384 g/mol. The Balaban J connectivity index is 4.82. The van der Waals surface area contributed by atoms with Gasteiger partial charge in [-0.25, -0.2) is 4.79 Å². The highest BCUT2D eigenvalue weighted by Gasteiger charge is 2.27. The number of amides is 2. The molecule has 0 saturated heterocycles. The van der Waals surface area contributed by atoms with Crippen LogP contribution in [0.5, 0.6) is 0 Å². The fraction of sp³-hybridized carbons (Fsp3) is 0.667. The number of carbonyl (C=O) groups excluding carboxylic acids is 2. The van der Waals surface area contributed by atoms with Gasteiger partial charge in [-0.2, -0.15) is 0 Å². The molecule has 0 saturated carbocycles. The molecule has 0 aromatic carbocycles. The van der Waals surface area contributed by atoms with Gasteiger partial charge in [0.2, 0.25) is 11.8 Å². The number of carboxylic acids is 1. The van der Waals surface area contributed by atoms with Crippen molar-refractivity contribution in [2.24, 2.45) is 22.9 Å². The largest absolute Gasteiger partial charge is 0.480 e. The average molecular weight is 416 g/mol. The number of rotatable bonds is 14. The molecule has 0 aliphatic rings. The van der Waals surface area contributed by atoms with Crippen LogP contribution < -0.4 is 44.2 Å². The van der Waals surface area contributed by atoms with Crippen LogP contribution in [-0.2, 0) is 14.4 Å². The van der Waals surface area contributed by atoms with E-state index < -0.39 is 35.9 Å². The summed E-state index contributed by atoms with van der Waals surface area (Å²) >= 11 is 0. The fourth-order valence-electron chi connectivity index (χ4n) is 2.25. The SMILES string of the molecule is N=C(N)NCCC[C@H](NC(=O)[C@@H](N)CCCNC(=N)N)C(=O)N[C@@H](CN)C(=O)O. The Bertz CT molecular complexity index is 585. The van der Waals surface area contributed by atoms with Crippen molar-refractivity contribution < 1.29 is 19.5 Å². The lowest BCUT2D eigenvalue weighted by molar-refractivity contribution is -0.142. The summed E-state index contributed by atoms with van der Waals surface area (Å²) in [6, 6.07) is -3.23. The van der Waals surface area contributed by atoms with Crippen molar-refractivity contribution in [2.45, 2.75) is 43.8 Å². The van der Waals surface area contributed by atoms with Gasteiger partial charge in [-0.3, -0.25) is 20.4 Å². The molecular formula is C15H32N10O4. The van der Waals surface area contributed by atoms with Crippen molar-refractivity contribution in [2.75, 3.05) is 19.6 Å². The minimum Gasteiger partial charge on any atom is -0.480 e. The Morgan fingerprint density at radius 3 is 1.79 bits per heavy atom. The van der Waals surface area contributed by atoms with E-state index in [1.54, 1.807) is 0 Å². The van der Waals surface area contributed by atoms with Crippen LogP contribution in [0.4, 0.5) is 0 Å². The molecule has 2 amide bonds. The number of guanidine groups is 2. The maximum Gasteiger partial charge on any atom is 0.327 e. The summed E-state index contributed by atoms with van der Waals surface area (Å²) in [5.74, 6) is -2.99. The fourth-order valence-corrected chi connectivity index (χ4v) is 2.25. The third-order valence-corrected chi connectivity index (χ3v) is 3.81. The second-order valence-electron chi connectivity index (χ2n) is 6.27. The maximum absolute atomic E-state index is 12.4. The van der Waals surface area contributed by atoms with Crippen molar-refractivity contribution >= 4 is 29.7 Å². The van der Waals surface area contributed by atoms with Gasteiger partial charge in [0.15, 0.2) is 11.9 Å². The van der Waals surface area contributed by atoms with Crippen LogP contribution in [0.1, 0.15) is 25.7 Å². The molecule has 0 heterocycles. The van der Waals surface area contributed by atoms with E-state index in [2.05, 4.69) is 21.3 Å². The predicted octanol–water partition coefficient (Wildman–Crippen LogP) is -4.15. The molecule has 166 valence electrons. The first-order valence-electron chi connectivity index (χ1n) is 9.03. The van der Waals surface area contributed by atoms with Gasteiger partial charge in [0.25, 0.3) is 0 Å². The number of nitrogens with one attached hydrogen (secondary N) is 6. The molecule has 14 nitrogen and oxygen atoms in total. The second kappa shape index (κ2) is 14.0. The molecule has 0 bridgehead atoms. The van der Waals surface area contributed by atoms with Crippen LogP contribution in [0.25, 0.3) is 0 Å². The van der Waals surface area contributed by atoms with Crippen molar-refractivity contribution in [3.63, 3.8) is 0 Å². The van der Waals surface area contributed by atoms with Gasteiger partial charge >= 0.3 is 5.97 Å². The normalized spacial score (nSPS) is 13.4. The highest BCUT2D eigenvalue weighted by atomic mass is 16.4. The standard InChI is InChI=1S/C15H32N10O4/c16-7-10(13(28)29)25-12(27)9(4-2-6-23-15(20)21)24-11(26)8(17)3-1-5-22-14(18)19/h8-10H,1-7,16-17H2,(H,24,26)(H,25,27)(H,28,29)(H4,18,19,22)(H4,20,21,23)/t8-,9-,10-/m0/s1. The van der Waals surface area contributed by atoms with Crippen LogP contribution in [0.2, 0.25) is 0 Å². The first-order chi connectivity index (χ1) is 13.6. The van der Waals surface area contributed by atoms with E-state index in [1.165, 1.54) is 0 Å². The number of carboxylic acid groups (broad SMARTS) is 1. The van der Waals surface area contributed by atoms with Gasteiger partial charge in [-0.1, -0.05) is 0 Å². The quantitative estimate of drug-likeness (QED) is 0.0738. The van der Waals surface area contributed by atoms with E-state index in [0.29, 0.717) is 19.4 Å². The number of carbonyl (C=O) groups is 3. The first kappa shape index (κ1) is 25.9. The summed E-state index contributed by atoms with van der Waals surface area (Å²) in [5, 5.41) is 33.1. The molecule has 14 heteroatoms. The molecule has 0 aromatic heterocycles. The van der Waals surface area contributed by atoms with Crippen molar-refractivity contribution in [3.05, 3.63) is 0 Å². The van der Waals surface area contributed by atoms with E-state index in [0.717, 1.165) is 0 Å². The van der Waals surface area contributed by atoms with Crippen LogP contribution >= 0.6 is 0 Å². The summed E-state index contributed by atoms with van der Waals surface area (Å²) in [5.41, 5.74) is 21.5. The lowest BCUT2D eigenvalue weighted by Crippen LogP contribution is -2.56. The van der Waals surface area contributed by atoms with Gasteiger partial charge in [0.05, 0.1) is 6.04 Å². The summed E-state index contributed by atoms with van der Waals surface area (Å²) in [6.45, 7) is 0.348. The number of nitrogens with two attached hydrogens (primary N) is 4. The Kier molecular flexibility index (Phi) is 12.4. The van der Waals surface area contributed by atoms with Crippen LogP contribution in [0, 0.1) is 10.8 Å². The molecule has 0 spiro atoms. The lowest BCUT2D eigenvalue weighted by Gasteiger charge is -2.22. The molecule has 0 rings (SSSR count). The predicted molar refractivity (Wildman–Crippen MR) is 107 cm³/mol. The first-order valence-corrected chi connectivity index (χ1v) is 9.03. The number of aliphatic carboxylic acids is 1. The Morgan fingerprint density at radius 2 is 1.34 bits per heavy atom. The number of hydrogen-bond acceptors (Lipinski definition) is 7. The Hall–Kier alpha value is -3.13. The summed E-state index contributed by atoms with van der Waals surface area (Å²) in [7, 11) is 0. The molecule has 0 aliphatic carbocycles. The third-order valence-electron chi connectivity index (χ3n) is 3.81. The number of hydrogen-bond donors (Lipinski definition) is 11. The van der Waals surface area contributed by atoms with Gasteiger partial charge in [0, 0.05) is 19.6 Å². The molecule has 29 heavy (non-hydrogen) atoms. The molecule has 3 atom stereocenters. The van der Waals surface area contributed by atoms with Gasteiger partial charge in [-0.15, -0.1) is 0 Å². The molecule has 0 aromatic rings. The van der Waals surface area contributed by atoms with Crippen molar-refractivity contribution in [3.8, 4) is 0 Å². The van der Waals surface area contributed by atoms with E-state index in [4.69, 9.17) is 38.9 Å². The zero-order valence-electron chi connectivity index (χ0n) is 16.2. The van der Waals surface area contributed by atoms with E-state index in [1.807, 2.05) is 0 Å².